The van der Waals surface area contributed by atoms with Crippen LogP contribution in [0.2, 0.25) is 0 Å². The topological polar surface area (TPSA) is 94.8 Å². The zero-order chi connectivity index (χ0) is 21.1. The quantitative estimate of drug-likeness (QED) is 0.648. The summed E-state index contributed by atoms with van der Waals surface area (Å²) >= 11 is 0. The largest absolute Gasteiger partial charge is 0.505 e. The first-order valence-electron chi connectivity index (χ1n) is 11.4. The van der Waals surface area contributed by atoms with Crippen LogP contribution in [0, 0.1) is 46.3 Å². The van der Waals surface area contributed by atoms with Gasteiger partial charge in [0.05, 0.1) is 6.10 Å². The maximum absolute atomic E-state index is 12.1. The number of carbonyl (C=O) groups excluding carboxylic acids is 1. The summed E-state index contributed by atoms with van der Waals surface area (Å²) in [5, 5.41) is 30.7. The van der Waals surface area contributed by atoms with Crippen molar-refractivity contribution in [3.63, 3.8) is 0 Å². The molecule has 5 heteroatoms. The molecule has 3 saturated carbocycles. The van der Waals surface area contributed by atoms with E-state index in [1.165, 1.54) is 0 Å². The number of carboxylic acids is 1. The predicted octanol–water partition coefficient (Wildman–Crippen LogP) is 4.35. The highest BCUT2D eigenvalue weighted by Crippen LogP contribution is 2.67. The van der Waals surface area contributed by atoms with E-state index in [9.17, 15) is 19.8 Å². The highest BCUT2D eigenvalue weighted by atomic mass is 16.4. The van der Waals surface area contributed by atoms with Gasteiger partial charge in [-0.1, -0.05) is 20.8 Å². The van der Waals surface area contributed by atoms with Crippen molar-refractivity contribution in [2.24, 2.45) is 46.3 Å². The Morgan fingerprint density at radius 1 is 1.21 bits per heavy atom. The van der Waals surface area contributed by atoms with Gasteiger partial charge in [-0.15, -0.1) is 0 Å². The van der Waals surface area contributed by atoms with Crippen LogP contribution < -0.4 is 0 Å². The molecule has 4 aliphatic rings. The van der Waals surface area contributed by atoms with E-state index in [4.69, 9.17) is 5.11 Å². The number of aliphatic hydroxyl groups is 2. The second kappa shape index (κ2) is 7.11. The Balaban J connectivity index is 1.62. The van der Waals surface area contributed by atoms with E-state index in [2.05, 4.69) is 20.8 Å². The molecule has 0 aliphatic heterocycles. The molecule has 0 aromatic rings. The van der Waals surface area contributed by atoms with Gasteiger partial charge in [0.2, 0.25) is 0 Å². The van der Waals surface area contributed by atoms with E-state index in [1.807, 2.05) is 6.08 Å². The van der Waals surface area contributed by atoms with Crippen LogP contribution in [0.5, 0.6) is 0 Å². The molecule has 162 valence electrons. The van der Waals surface area contributed by atoms with Crippen LogP contribution in [0.1, 0.15) is 72.1 Å². The summed E-state index contributed by atoms with van der Waals surface area (Å²) in [6.07, 6.45) is 7.65. The lowest BCUT2D eigenvalue weighted by molar-refractivity contribution is -0.156. The van der Waals surface area contributed by atoms with Crippen molar-refractivity contribution in [2.45, 2.75) is 78.2 Å². The van der Waals surface area contributed by atoms with E-state index in [0.29, 0.717) is 37.0 Å². The lowest BCUT2D eigenvalue weighted by Crippen LogP contribution is -2.58. The zero-order valence-electron chi connectivity index (χ0n) is 17.9. The number of carboxylic acid groups (broad SMARTS) is 1. The first-order chi connectivity index (χ1) is 13.6. The van der Waals surface area contributed by atoms with E-state index >= 15 is 0 Å². The maximum Gasteiger partial charge on any atom is 0.303 e. The molecule has 3 N–H and O–H groups in total. The highest BCUT2D eigenvalue weighted by molar-refractivity contribution is 5.94. The molecule has 5 nitrogen and oxygen atoms in total. The molecule has 3 fully saturated rings. The van der Waals surface area contributed by atoms with E-state index in [0.717, 1.165) is 25.7 Å². The number of Topliss-reactive ketones (excluding diaryl/α,β-unsaturated/α-hetero) is 1. The van der Waals surface area contributed by atoms with Gasteiger partial charge in [0, 0.05) is 12.8 Å². The Morgan fingerprint density at radius 2 is 1.93 bits per heavy atom. The van der Waals surface area contributed by atoms with E-state index in [-0.39, 0.29) is 46.5 Å². The van der Waals surface area contributed by atoms with Gasteiger partial charge >= 0.3 is 5.97 Å². The minimum atomic E-state index is -0.745. The predicted molar refractivity (Wildman–Crippen MR) is 109 cm³/mol. The molecule has 0 spiro atoms. The summed E-state index contributed by atoms with van der Waals surface area (Å²) in [6.45, 7) is 6.60. The van der Waals surface area contributed by atoms with Crippen molar-refractivity contribution < 1.29 is 24.9 Å². The Morgan fingerprint density at radius 3 is 2.62 bits per heavy atom. The SMILES string of the molecule is C[C@H](CCC(=O)O)[C@H]1CC[C@H]2[C@@H]3CC[C@@H]4CC(=O)C(O)=C[C@]4(C)[C@H]3C[C@H](O)[C@]12C. The summed E-state index contributed by atoms with van der Waals surface area (Å²) in [6, 6.07) is 0. The normalized spacial score (nSPS) is 47.6. The maximum atomic E-state index is 12.1. The Hall–Kier alpha value is -1.36. The number of carbonyl (C=O) groups is 2. The van der Waals surface area contributed by atoms with Crippen molar-refractivity contribution in [1.82, 2.24) is 0 Å². The van der Waals surface area contributed by atoms with E-state index < -0.39 is 12.1 Å². The highest BCUT2D eigenvalue weighted by Gasteiger charge is 2.63. The molecule has 0 unspecified atom stereocenters. The Bertz CT molecular complexity index is 729. The fraction of sp³-hybridized carbons (Fsp3) is 0.833. The van der Waals surface area contributed by atoms with Crippen LogP contribution in [-0.4, -0.2) is 33.2 Å². The second-order valence-electron chi connectivity index (χ2n) is 10.9. The molecule has 4 rings (SSSR count). The summed E-state index contributed by atoms with van der Waals surface area (Å²) in [5.41, 5.74) is -0.394. The molecule has 0 saturated heterocycles. The van der Waals surface area contributed by atoms with Gasteiger partial charge in [-0.05, 0) is 90.9 Å². The number of fused-ring (bicyclic) bond motifs is 5. The van der Waals surface area contributed by atoms with Crippen molar-refractivity contribution in [1.29, 1.82) is 0 Å². The average Bonchev–Trinajstić information content (AvgIpc) is 3.01. The fourth-order valence-corrected chi connectivity index (χ4v) is 8.20. The van der Waals surface area contributed by atoms with Crippen molar-refractivity contribution in [2.75, 3.05) is 0 Å². The number of hydrogen-bond acceptors (Lipinski definition) is 4. The average molecular weight is 405 g/mol. The molecule has 0 aromatic heterocycles. The molecule has 4 aliphatic carbocycles. The standard InChI is InChI=1S/C24H36O5/c1-13(4-9-22(28)29)16-7-8-17-15-6-5-14-10-19(25)20(26)12-23(14,2)18(15)11-21(27)24(16,17)3/h12-18,21,26-27H,4-11H2,1-3H3,(H,28,29)/t13-,14-,15+,16-,17+,18+,21+,23+,24-/m1/s1. The van der Waals surface area contributed by atoms with Gasteiger partial charge in [-0.3, -0.25) is 9.59 Å². The molecule has 0 radical (unpaired) electrons. The van der Waals surface area contributed by atoms with Gasteiger partial charge < -0.3 is 15.3 Å². The fourth-order valence-electron chi connectivity index (χ4n) is 8.20. The molecular formula is C24H36O5. The lowest BCUT2D eigenvalue weighted by Gasteiger charge is -2.60. The minimum Gasteiger partial charge on any atom is -0.505 e. The number of allylic oxidation sites excluding steroid dienone is 2. The third-order valence-corrected chi connectivity index (χ3v) is 9.81. The van der Waals surface area contributed by atoms with Crippen molar-refractivity contribution in [3.05, 3.63) is 11.8 Å². The van der Waals surface area contributed by atoms with Crippen molar-refractivity contribution in [3.8, 4) is 0 Å². The molecule has 0 amide bonds. The van der Waals surface area contributed by atoms with Crippen molar-refractivity contribution >= 4 is 11.8 Å². The van der Waals surface area contributed by atoms with Gasteiger partial charge in [-0.2, -0.15) is 0 Å². The number of rotatable bonds is 4. The Labute approximate surface area is 173 Å². The molecule has 29 heavy (non-hydrogen) atoms. The van der Waals surface area contributed by atoms with Crippen LogP contribution in [0.15, 0.2) is 11.8 Å². The monoisotopic (exact) mass is 404 g/mol. The summed E-state index contributed by atoms with van der Waals surface area (Å²) in [5.74, 6) is 1.15. The summed E-state index contributed by atoms with van der Waals surface area (Å²) in [4.78, 5) is 23.1. The van der Waals surface area contributed by atoms with Crippen LogP contribution in [0.4, 0.5) is 0 Å². The summed E-state index contributed by atoms with van der Waals surface area (Å²) < 4.78 is 0. The molecule has 9 atom stereocenters. The second-order valence-corrected chi connectivity index (χ2v) is 10.9. The van der Waals surface area contributed by atoms with Gasteiger partial charge in [0.1, 0.15) is 0 Å². The molecule has 0 bridgehead atoms. The lowest BCUT2D eigenvalue weighted by atomic mass is 9.44. The Kier molecular flexibility index (Phi) is 5.12. The van der Waals surface area contributed by atoms with Crippen LogP contribution in [-0.2, 0) is 9.59 Å². The molecule has 0 heterocycles. The number of ketones is 1. The molecular weight excluding hydrogens is 368 g/mol. The zero-order valence-corrected chi connectivity index (χ0v) is 17.9. The van der Waals surface area contributed by atoms with Gasteiger partial charge in [-0.25, -0.2) is 0 Å². The van der Waals surface area contributed by atoms with Crippen LogP contribution in [0.25, 0.3) is 0 Å². The van der Waals surface area contributed by atoms with E-state index in [1.54, 1.807) is 0 Å². The number of hydrogen-bond donors (Lipinski definition) is 3. The van der Waals surface area contributed by atoms with Gasteiger partial charge in [0.15, 0.2) is 11.5 Å². The number of aliphatic hydroxyl groups excluding tert-OH is 2. The van der Waals surface area contributed by atoms with Crippen LogP contribution in [0.3, 0.4) is 0 Å². The first-order valence-corrected chi connectivity index (χ1v) is 11.4. The third-order valence-electron chi connectivity index (χ3n) is 9.81. The van der Waals surface area contributed by atoms with Gasteiger partial charge in [0.25, 0.3) is 0 Å². The smallest absolute Gasteiger partial charge is 0.303 e. The third kappa shape index (κ3) is 3.07. The van der Waals surface area contributed by atoms with Crippen LogP contribution >= 0.6 is 0 Å². The minimum absolute atomic E-state index is 0.0844. The number of aliphatic carboxylic acids is 1. The molecule has 0 aromatic carbocycles. The first kappa shape index (κ1) is 20.9. The summed E-state index contributed by atoms with van der Waals surface area (Å²) in [7, 11) is 0.